The van der Waals surface area contributed by atoms with E-state index in [4.69, 9.17) is 0 Å². The maximum Gasteiger partial charge on any atom is 0.274 e. The molecule has 1 saturated heterocycles. The van der Waals surface area contributed by atoms with E-state index in [1.54, 1.807) is 30.7 Å². The van der Waals surface area contributed by atoms with Crippen LogP contribution in [-0.4, -0.2) is 56.3 Å². The van der Waals surface area contributed by atoms with E-state index in [1.165, 1.54) is 12.1 Å². The molecule has 0 radical (unpaired) electrons. The summed E-state index contributed by atoms with van der Waals surface area (Å²) in [6.07, 6.45) is 6.47. The van der Waals surface area contributed by atoms with E-state index in [9.17, 15) is 14.3 Å². The number of rotatable bonds is 6. The topological polar surface area (TPSA) is 93.9 Å². The minimum atomic E-state index is -0.537. The number of fused-ring (bicyclic) bond motifs is 1. The quantitative estimate of drug-likeness (QED) is 0.706. The standard InChI is InChI=1S/C24H25FN6O2/c1-15(19-14-26-10-11-27-19)30(3)20-5-4-12-31-16(2)22(32)21(29-23(20)31)24(33)28-13-17-6-8-18(25)9-7-17/h6-11,14,20,32H,1-2,4-5,12-13H2,3H3,(H,28,33). The van der Waals surface area contributed by atoms with Crippen molar-refractivity contribution in [1.82, 2.24) is 25.1 Å². The number of aliphatic hydroxyl groups excluding tert-OH is 1. The second-order valence-electron chi connectivity index (χ2n) is 7.88. The number of carbonyl (C=O) groups excluding carboxylic acids is 1. The first kappa shape index (κ1) is 22.2. The molecule has 1 atom stereocenters. The van der Waals surface area contributed by atoms with Gasteiger partial charge in [0.15, 0.2) is 11.5 Å². The maximum absolute atomic E-state index is 13.1. The lowest BCUT2D eigenvalue weighted by molar-refractivity contribution is -0.117. The largest absolute Gasteiger partial charge is 0.504 e. The van der Waals surface area contributed by atoms with Gasteiger partial charge in [-0.1, -0.05) is 25.3 Å². The third kappa shape index (κ3) is 4.48. The molecule has 0 saturated carbocycles. The lowest BCUT2D eigenvalue weighted by atomic mass is 9.99. The van der Waals surface area contributed by atoms with Crippen molar-refractivity contribution in [2.45, 2.75) is 25.4 Å². The van der Waals surface area contributed by atoms with Gasteiger partial charge in [-0.2, -0.15) is 0 Å². The molecule has 9 heteroatoms. The number of carbonyl (C=O) groups is 1. The zero-order valence-electron chi connectivity index (χ0n) is 18.3. The number of benzene rings is 1. The Labute approximate surface area is 191 Å². The Balaban J connectivity index is 1.57. The molecule has 3 heterocycles. The van der Waals surface area contributed by atoms with Gasteiger partial charge in [0.2, 0.25) is 0 Å². The Kier molecular flexibility index (Phi) is 6.21. The van der Waals surface area contributed by atoms with Crippen molar-refractivity contribution in [3.05, 3.63) is 90.2 Å². The summed E-state index contributed by atoms with van der Waals surface area (Å²) < 4.78 is 13.1. The molecule has 2 aromatic rings. The molecule has 4 rings (SSSR count). The van der Waals surface area contributed by atoms with Crippen molar-refractivity contribution in [1.29, 1.82) is 0 Å². The average molecular weight is 449 g/mol. The lowest BCUT2D eigenvalue weighted by Gasteiger charge is -2.43. The molecular weight excluding hydrogens is 423 g/mol. The molecule has 2 aliphatic rings. The molecule has 1 fully saturated rings. The van der Waals surface area contributed by atoms with Gasteiger partial charge in [0.05, 0.1) is 23.6 Å². The van der Waals surface area contributed by atoms with Gasteiger partial charge in [-0.15, -0.1) is 0 Å². The molecule has 2 N–H and O–H groups in total. The number of likely N-dealkylation sites (N-methyl/N-ethyl adjacent to an activating group) is 1. The summed E-state index contributed by atoms with van der Waals surface area (Å²) in [6.45, 7) is 8.95. The summed E-state index contributed by atoms with van der Waals surface area (Å²) in [5.41, 5.74) is 2.27. The minimum Gasteiger partial charge on any atom is -0.504 e. The highest BCUT2D eigenvalue weighted by atomic mass is 19.1. The third-order valence-electron chi connectivity index (χ3n) is 5.82. The molecule has 33 heavy (non-hydrogen) atoms. The monoisotopic (exact) mass is 448 g/mol. The Morgan fingerprint density at radius 2 is 2.09 bits per heavy atom. The fraction of sp³-hybridized carbons (Fsp3) is 0.250. The number of nitrogens with one attached hydrogen (secondary N) is 1. The van der Waals surface area contributed by atoms with Crippen molar-refractivity contribution >= 4 is 17.4 Å². The van der Waals surface area contributed by atoms with Crippen LogP contribution in [0.1, 0.15) is 24.1 Å². The van der Waals surface area contributed by atoms with Gasteiger partial charge in [0.1, 0.15) is 17.3 Å². The van der Waals surface area contributed by atoms with Crippen molar-refractivity contribution in [2.24, 2.45) is 4.99 Å². The highest BCUT2D eigenvalue weighted by molar-refractivity contribution is 6.02. The fourth-order valence-electron chi connectivity index (χ4n) is 3.92. The summed E-state index contributed by atoms with van der Waals surface area (Å²) in [5.74, 6) is -0.532. The molecule has 0 aliphatic carbocycles. The molecule has 1 aromatic heterocycles. The Bertz CT molecular complexity index is 1140. The Morgan fingerprint density at radius 3 is 2.79 bits per heavy atom. The van der Waals surface area contributed by atoms with Crippen molar-refractivity contribution in [2.75, 3.05) is 13.6 Å². The third-order valence-corrected chi connectivity index (χ3v) is 5.82. The predicted molar refractivity (Wildman–Crippen MR) is 123 cm³/mol. The van der Waals surface area contributed by atoms with E-state index in [2.05, 4.69) is 33.4 Å². The van der Waals surface area contributed by atoms with Crippen LogP contribution in [-0.2, 0) is 11.3 Å². The van der Waals surface area contributed by atoms with Gasteiger partial charge in [-0.3, -0.25) is 14.8 Å². The molecule has 1 aromatic carbocycles. The fourth-order valence-corrected chi connectivity index (χ4v) is 3.92. The van der Waals surface area contributed by atoms with Crippen LogP contribution in [0.2, 0.25) is 0 Å². The summed E-state index contributed by atoms with van der Waals surface area (Å²) in [7, 11) is 1.89. The van der Waals surface area contributed by atoms with Crippen molar-refractivity contribution in [3.63, 3.8) is 0 Å². The number of piperidine rings is 1. The van der Waals surface area contributed by atoms with Crippen LogP contribution in [0.5, 0.6) is 0 Å². The predicted octanol–water partition coefficient (Wildman–Crippen LogP) is 2.99. The minimum absolute atomic E-state index is 0.0984. The van der Waals surface area contributed by atoms with Gasteiger partial charge in [0, 0.05) is 32.5 Å². The number of aliphatic imine (C=N–C) groups is 1. The van der Waals surface area contributed by atoms with Gasteiger partial charge in [-0.05, 0) is 30.5 Å². The summed E-state index contributed by atoms with van der Waals surface area (Å²) in [4.78, 5) is 29.7. The van der Waals surface area contributed by atoms with E-state index in [1.807, 2.05) is 16.8 Å². The Morgan fingerprint density at radius 1 is 1.33 bits per heavy atom. The van der Waals surface area contributed by atoms with Gasteiger partial charge < -0.3 is 20.2 Å². The number of aromatic nitrogens is 2. The van der Waals surface area contributed by atoms with Crippen LogP contribution in [0.15, 0.2) is 78.2 Å². The summed E-state index contributed by atoms with van der Waals surface area (Å²) in [5, 5.41) is 13.4. The first-order valence-electron chi connectivity index (χ1n) is 10.6. The number of hydrogen-bond acceptors (Lipinski definition) is 7. The molecule has 1 unspecified atom stereocenters. The number of halogens is 1. The van der Waals surface area contributed by atoms with Crippen molar-refractivity contribution < 1.29 is 14.3 Å². The highest BCUT2D eigenvalue weighted by Gasteiger charge is 2.37. The van der Waals surface area contributed by atoms with E-state index in [0.717, 1.165) is 18.4 Å². The highest BCUT2D eigenvalue weighted by Crippen LogP contribution is 2.32. The number of amidine groups is 1. The smallest absolute Gasteiger partial charge is 0.274 e. The SMILES string of the molecule is C=C1C(O)=C(C(=O)NCc2ccc(F)cc2)N=C2C(N(C)C(=C)c3cnccn3)CCCN12. The zero-order chi connectivity index (χ0) is 23.5. The van der Waals surface area contributed by atoms with Gasteiger partial charge in [0.25, 0.3) is 5.91 Å². The first-order chi connectivity index (χ1) is 15.9. The molecule has 2 aliphatic heterocycles. The van der Waals surface area contributed by atoms with E-state index >= 15 is 0 Å². The number of amides is 1. The lowest BCUT2D eigenvalue weighted by Crippen LogP contribution is -2.52. The molecule has 8 nitrogen and oxygen atoms in total. The van der Waals surface area contributed by atoms with E-state index in [-0.39, 0.29) is 29.9 Å². The summed E-state index contributed by atoms with van der Waals surface area (Å²) in [6, 6.07) is 5.62. The van der Waals surface area contributed by atoms with Gasteiger partial charge in [-0.25, -0.2) is 9.38 Å². The zero-order valence-corrected chi connectivity index (χ0v) is 18.3. The second-order valence-corrected chi connectivity index (χ2v) is 7.88. The molecule has 0 spiro atoms. The average Bonchev–Trinajstić information content (AvgIpc) is 2.85. The van der Waals surface area contributed by atoms with Crippen LogP contribution < -0.4 is 5.32 Å². The van der Waals surface area contributed by atoms with Crippen LogP contribution in [0, 0.1) is 5.82 Å². The second kappa shape index (κ2) is 9.23. The van der Waals surface area contributed by atoms with Crippen LogP contribution in [0.4, 0.5) is 4.39 Å². The number of nitrogens with zero attached hydrogens (tertiary/aromatic N) is 5. The van der Waals surface area contributed by atoms with Crippen LogP contribution in [0.25, 0.3) is 5.70 Å². The normalized spacial score (nSPS) is 17.9. The molecule has 0 bridgehead atoms. The van der Waals surface area contributed by atoms with E-state index < -0.39 is 5.91 Å². The van der Waals surface area contributed by atoms with Gasteiger partial charge >= 0.3 is 0 Å². The number of hydrogen-bond donors (Lipinski definition) is 2. The molecule has 170 valence electrons. The molecule has 1 amide bonds. The first-order valence-corrected chi connectivity index (χ1v) is 10.6. The van der Waals surface area contributed by atoms with Crippen LogP contribution in [0.3, 0.4) is 0 Å². The van der Waals surface area contributed by atoms with Crippen LogP contribution >= 0.6 is 0 Å². The van der Waals surface area contributed by atoms with E-state index in [0.29, 0.717) is 29.5 Å². The van der Waals surface area contributed by atoms with Crippen molar-refractivity contribution in [3.8, 4) is 0 Å². The Hall–Kier alpha value is -4.01. The molecular formula is C24H25FN6O2. The maximum atomic E-state index is 13.1. The summed E-state index contributed by atoms with van der Waals surface area (Å²) >= 11 is 0. The number of aliphatic hydroxyl groups is 1.